The van der Waals surface area contributed by atoms with Crippen molar-refractivity contribution in [3.63, 3.8) is 0 Å². The quantitative estimate of drug-likeness (QED) is 0.0822. The fourth-order valence-corrected chi connectivity index (χ4v) is 11.0. The van der Waals surface area contributed by atoms with Crippen LogP contribution in [0.15, 0.2) is 164 Å². The Morgan fingerprint density at radius 2 is 0.567 bits per heavy atom. The summed E-state index contributed by atoms with van der Waals surface area (Å²) in [6.07, 6.45) is 2.29. The van der Waals surface area contributed by atoms with Gasteiger partial charge in [0.05, 0.1) is 0 Å². The minimum Gasteiger partial charge on any atom is -0.489 e. The molecular weight excluding hydrogens is 816 g/mol. The zero-order valence-corrected chi connectivity index (χ0v) is 39.0. The Balaban J connectivity index is 1.15. The van der Waals surface area contributed by atoms with Crippen LogP contribution < -0.4 is 14.0 Å². The van der Waals surface area contributed by atoms with Crippen molar-refractivity contribution in [2.75, 3.05) is 0 Å². The normalized spacial score (nSPS) is 11.9. The van der Waals surface area contributed by atoms with Gasteiger partial charge in [-0.15, -0.1) is 0 Å². The molecule has 0 heterocycles. The minimum absolute atomic E-state index is 0.763. The van der Waals surface area contributed by atoms with Gasteiger partial charge in [0, 0.05) is 16.2 Å². The molecule has 12 aromatic rings. The van der Waals surface area contributed by atoms with Crippen LogP contribution in [0.4, 0.5) is 0 Å². The molecule has 12 rings (SSSR count). The smallest absolute Gasteiger partial charge is 0.489 e. The van der Waals surface area contributed by atoms with Gasteiger partial charge in [-0.1, -0.05) is 148 Å². The van der Waals surface area contributed by atoms with E-state index in [1.54, 1.807) is 0 Å². The van der Waals surface area contributed by atoms with E-state index in [-0.39, 0.29) is 0 Å². The molecule has 0 radical (unpaired) electrons. The van der Waals surface area contributed by atoms with Crippen molar-refractivity contribution < 1.29 is 14.0 Å². The van der Waals surface area contributed by atoms with Gasteiger partial charge in [0.25, 0.3) is 0 Å². The second kappa shape index (κ2) is 16.1. The third-order valence-corrected chi connectivity index (χ3v) is 14.4. The lowest BCUT2D eigenvalue weighted by Crippen LogP contribution is -2.38. The summed E-state index contributed by atoms with van der Waals surface area (Å²) in [5.74, 6) is 2.35. The Hall–Kier alpha value is -7.56. The summed E-state index contributed by atoms with van der Waals surface area (Å²) in [6.45, 7) is 13.3. The SMILES string of the molecule is CCc1cc(C)c2ccc3cc4ccccc4cc3c2c1OB(Oc1c(CC)cc(C)c2ccc3cc4ccccc4cc3c12)Oc1c(CC)cc(C)c2ccc3cc4ccccc4cc3c12. The number of hydrogen-bond donors (Lipinski definition) is 0. The molecule has 67 heavy (non-hydrogen) atoms. The maximum Gasteiger partial charge on any atom is 0.864 e. The summed E-state index contributed by atoms with van der Waals surface area (Å²) in [5, 5.41) is 20.8. The largest absolute Gasteiger partial charge is 0.864 e. The lowest BCUT2D eigenvalue weighted by molar-refractivity contribution is 0.308. The molecular formula is C63H51BO3. The van der Waals surface area contributed by atoms with Gasteiger partial charge in [-0.2, -0.15) is 0 Å². The van der Waals surface area contributed by atoms with E-state index in [0.717, 1.165) is 118 Å². The summed E-state index contributed by atoms with van der Waals surface area (Å²) < 4.78 is 22.8. The van der Waals surface area contributed by atoms with E-state index in [9.17, 15) is 0 Å². The molecule has 0 fully saturated rings. The molecule has 12 aromatic carbocycles. The molecule has 0 aliphatic heterocycles. The van der Waals surface area contributed by atoms with E-state index in [4.69, 9.17) is 14.0 Å². The van der Waals surface area contributed by atoms with Gasteiger partial charge in [0.1, 0.15) is 17.2 Å². The predicted octanol–water partition coefficient (Wildman–Crippen LogP) is 17.2. The van der Waals surface area contributed by atoms with E-state index in [0.29, 0.717) is 0 Å². The topological polar surface area (TPSA) is 27.7 Å². The van der Waals surface area contributed by atoms with Gasteiger partial charge < -0.3 is 14.0 Å². The van der Waals surface area contributed by atoms with Crippen molar-refractivity contribution in [2.45, 2.75) is 60.8 Å². The highest BCUT2D eigenvalue weighted by molar-refractivity contribution is 6.41. The zero-order chi connectivity index (χ0) is 45.5. The second-order valence-corrected chi connectivity index (χ2v) is 18.5. The zero-order valence-electron chi connectivity index (χ0n) is 39.0. The molecule has 0 amide bonds. The molecule has 0 saturated heterocycles. The van der Waals surface area contributed by atoms with Crippen molar-refractivity contribution in [1.29, 1.82) is 0 Å². The summed E-state index contributed by atoms with van der Waals surface area (Å²) in [5.41, 5.74) is 6.93. The number of benzene rings is 12. The predicted molar refractivity (Wildman–Crippen MR) is 287 cm³/mol. The summed E-state index contributed by atoms with van der Waals surface area (Å²) in [7, 11) is -1.19. The van der Waals surface area contributed by atoms with Crippen molar-refractivity contribution in [3.8, 4) is 17.2 Å². The van der Waals surface area contributed by atoms with E-state index < -0.39 is 7.32 Å². The van der Waals surface area contributed by atoms with Crippen LogP contribution in [0, 0.1) is 20.8 Å². The van der Waals surface area contributed by atoms with Crippen molar-refractivity contribution in [3.05, 3.63) is 197 Å². The minimum atomic E-state index is -1.19. The van der Waals surface area contributed by atoms with Gasteiger partial charge in [0.2, 0.25) is 0 Å². The maximum atomic E-state index is 7.61. The Morgan fingerprint density at radius 3 is 0.836 bits per heavy atom. The van der Waals surface area contributed by atoms with Crippen LogP contribution in [0.5, 0.6) is 17.2 Å². The van der Waals surface area contributed by atoms with Crippen molar-refractivity contribution in [1.82, 2.24) is 0 Å². The molecule has 0 aliphatic rings. The number of rotatable bonds is 9. The van der Waals surface area contributed by atoms with Crippen LogP contribution in [0.3, 0.4) is 0 Å². The molecule has 324 valence electrons. The first-order valence-corrected chi connectivity index (χ1v) is 23.9. The Morgan fingerprint density at radius 1 is 0.299 bits per heavy atom. The molecule has 4 heteroatoms. The summed E-state index contributed by atoms with van der Waals surface area (Å²) in [6, 6.07) is 60.1. The lowest BCUT2D eigenvalue weighted by Gasteiger charge is -2.25. The van der Waals surface area contributed by atoms with Gasteiger partial charge in [0.15, 0.2) is 0 Å². The lowest BCUT2D eigenvalue weighted by atomic mass is 9.91. The second-order valence-electron chi connectivity index (χ2n) is 18.5. The Kier molecular flexibility index (Phi) is 9.83. The van der Waals surface area contributed by atoms with Crippen LogP contribution in [0.25, 0.3) is 97.0 Å². The first-order chi connectivity index (χ1) is 32.8. The fourth-order valence-electron chi connectivity index (χ4n) is 11.0. The molecule has 0 spiro atoms. The molecule has 0 N–H and O–H groups in total. The third-order valence-electron chi connectivity index (χ3n) is 14.4. The third kappa shape index (κ3) is 6.72. The molecule has 3 nitrogen and oxygen atoms in total. The summed E-state index contributed by atoms with van der Waals surface area (Å²) >= 11 is 0. The molecule has 0 atom stereocenters. The van der Waals surface area contributed by atoms with E-state index in [1.165, 1.54) is 49.0 Å². The van der Waals surface area contributed by atoms with Crippen LogP contribution >= 0.6 is 0 Å². The Labute approximate surface area is 391 Å². The number of aryl methyl sites for hydroxylation is 6. The molecule has 0 bridgehead atoms. The first-order valence-electron chi connectivity index (χ1n) is 23.9. The van der Waals surface area contributed by atoms with Crippen molar-refractivity contribution in [2.24, 2.45) is 0 Å². The van der Waals surface area contributed by atoms with E-state index in [1.807, 2.05) is 0 Å². The molecule has 0 saturated carbocycles. The highest BCUT2D eigenvalue weighted by atomic mass is 16.7. The highest BCUT2D eigenvalue weighted by Gasteiger charge is 2.36. The molecule has 0 aliphatic carbocycles. The average Bonchev–Trinajstić information content (AvgIpc) is 3.35. The molecule has 0 aromatic heterocycles. The standard InChI is InChI=1S/C63H51BO3/c1-7-40-28-37(4)52-25-22-49-31-43-16-10-13-19-46(43)34-55(49)58(52)61(40)65-64(66-62-41(8-2)29-38(5)53-26-23-50-32-44-17-11-14-20-47(44)35-56(50)59(53)62)67-63-42(9-3)30-39(6)54-27-24-51-33-45-18-12-15-21-48(45)36-57(51)60(54)63/h10-36H,7-9H2,1-6H3. The van der Waals surface area contributed by atoms with Crippen LogP contribution in [-0.2, 0) is 19.3 Å². The fraction of sp³-hybridized carbons (Fsp3) is 0.143. The molecule has 0 unspecified atom stereocenters. The highest BCUT2D eigenvalue weighted by Crippen LogP contribution is 2.45. The Bertz CT molecular complexity index is 3600. The van der Waals surface area contributed by atoms with Gasteiger partial charge in [-0.3, -0.25) is 0 Å². The van der Waals surface area contributed by atoms with Gasteiger partial charge >= 0.3 is 7.32 Å². The van der Waals surface area contributed by atoms with E-state index in [2.05, 4.69) is 205 Å². The van der Waals surface area contributed by atoms with Crippen LogP contribution in [-0.4, -0.2) is 7.32 Å². The average molecular weight is 867 g/mol. The first kappa shape index (κ1) is 40.9. The monoisotopic (exact) mass is 866 g/mol. The maximum absolute atomic E-state index is 7.61. The number of fused-ring (bicyclic) bond motifs is 12. The van der Waals surface area contributed by atoms with Crippen LogP contribution in [0.2, 0.25) is 0 Å². The van der Waals surface area contributed by atoms with E-state index >= 15 is 0 Å². The van der Waals surface area contributed by atoms with Crippen molar-refractivity contribution >= 4 is 104 Å². The summed E-state index contributed by atoms with van der Waals surface area (Å²) in [4.78, 5) is 0. The number of hydrogen-bond acceptors (Lipinski definition) is 3. The van der Waals surface area contributed by atoms with Gasteiger partial charge in [-0.05, 0) is 191 Å². The van der Waals surface area contributed by atoms with Gasteiger partial charge in [-0.25, -0.2) is 0 Å². The van der Waals surface area contributed by atoms with Crippen LogP contribution in [0.1, 0.15) is 54.2 Å².